The minimum Gasteiger partial charge on any atom is -0.492 e. The number of halogens is 1. The van der Waals surface area contributed by atoms with Gasteiger partial charge in [0.05, 0.1) is 0 Å². The highest BCUT2D eigenvalue weighted by atomic mass is 35.5. The fraction of sp³-hybridized carbons (Fsp3) is 0.263. The van der Waals surface area contributed by atoms with Crippen LogP contribution in [0.2, 0.25) is 0 Å². The lowest BCUT2D eigenvalue weighted by Gasteiger charge is -2.09. The summed E-state index contributed by atoms with van der Waals surface area (Å²) in [4.78, 5) is 24.2. The van der Waals surface area contributed by atoms with E-state index in [1.54, 1.807) is 48.5 Å². The number of benzene rings is 2. The van der Waals surface area contributed by atoms with Crippen molar-refractivity contribution in [3.05, 3.63) is 59.7 Å². The van der Waals surface area contributed by atoms with Crippen molar-refractivity contribution in [2.45, 2.75) is 19.9 Å². The highest BCUT2D eigenvalue weighted by Gasteiger charge is 2.10. The van der Waals surface area contributed by atoms with Gasteiger partial charge in [0.1, 0.15) is 12.4 Å². The normalized spacial score (nSPS) is 10.0. The van der Waals surface area contributed by atoms with E-state index in [0.717, 1.165) is 0 Å². The second-order valence-electron chi connectivity index (χ2n) is 5.82. The Morgan fingerprint density at radius 3 is 2.00 bits per heavy atom. The fourth-order valence-corrected chi connectivity index (χ4v) is 2.13. The SMILES string of the molecule is CC(C)NC(=O)c1ccc(C(=O)Nc2ccc(OCCN)cc2)cc1.Cl. The lowest BCUT2D eigenvalue weighted by Crippen LogP contribution is -2.30. The van der Waals surface area contributed by atoms with Crippen LogP contribution in [0.1, 0.15) is 34.6 Å². The number of nitrogens with two attached hydrogens (primary N) is 1. The third kappa shape index (κ3) is 6.38. The second-order valence-corrected chi connectivity index (χ2v) is 5.82. The van der Waals surface area contributed by atoms with Gasteiger partial charge in [-0.15, -0.1) is 12.4 Å². The predicted octanol–water partition coefficient (Wildman–Crippen LogP) is 2.84. The first-order valence-corrected chi connectivity index (χ1v) is 8.15. The van der Waals surface area contributed by atoms with Crippen LogP contribution in [0.4, 0.5) is 5.69 Å². The Bertz CT molecular complexity index is 716. The molecule has 0 saturated carbocycles. The minimum absolute atomic E-state index is 0. The van der Waals surface area contributed by atoms with Gasteiger partial charge < -0.3 is 21.1 Å². The molecule has 7 heteroatoms. The van der Waals surface area contributed by atoms with Crippen LogP contribution in [0, 0.1) is 0 Å². The third-order valence-electron chi connectivity index (χ3n) is 3.33. The molecule has 0 aliphatic carbocycles. The van der Waals surface area contributed by atoms with Gasteiger partial charge in [-0.2, -0.15) is 0 Å². The van der Waals surface area contributed by atoms with E-state index in [-0.39, 0.29) is 30.3 Å². The Balaban J connectivity index is 0.00000338. The van der Waals surface area contributed by atoms with Crippen molar-refractivity contribution in [1.29, 1.82) is 0 Å². The highest BCUT2D eigenvalue weighted by Crippen LogP contribution is 2.16. The van der Waals surface area contributed by atoms with Crippen LogP contribution in [0.25, 0.3) is 0 Å². The summed E-state index contributed by atoms with van der Waals surface area (Å²) in [6, 6.07) is 13.6. The highest BCUT2D eigenvalue weighted by molar-refractivity contribution is 6.05. The van der Waals surface area contributed by atoms with E-state index in [1.807, 2.05) is 13.8 Å². The van der Waals surface area contributed by atoms with Crippen LogP contribution in [0.3, 0.4) is 0 Å². The van der Waals surface area contributed by atoms with Gasteiger partial charge in [0.2, 0.25) is 0 Å². The first kappa shape index (κ1) is 21.5. The number of carbonyl (C=O) groups is 2. The summed E-state index contributed by atoms with van der Waals surface area (Å²) in [5.74, 6) is 0.297. The smallest absolute Gasteiger partial charge is 0.255 e. The molecular formula is C19H24ClN3O3. The molecule has 2 aromatic rings. The Kier molecular flexibility index (Phi) is 8.61. The van der Waals surface area contributed by atoms with Crippen LogP contribution in [0.15, 0.2) is 48.5 Å². The monoisotopic (exact) mass is 377 g/mol. The van der Waals surface area contributed by atoms with Crippen molar-refractivity contribution in [3.63, 3.8) is 0 Å². The van der Waals surface area contributed by atoms with Crippen LogP contribution in [-0.4, -0.2) is 31.0 Å². The number of ether oxygens (including phenoxy) is 1. The maximum Gasteiger partial charge on any atom is 0.255 e. The van der Waals surface area contributed by atoms with Crippen molar-refractivity contribution in [2.75, 3.05) is 18.5 Å². The van der Waals surface area contributed by atoms with Gasteiger partial charge in [-0.3, -0.25) is 9.59 Å². The Morgan fingerprint density at radius 2 is 1.50 bits per heavy atom. The lowest BCUT2D eigenvalue weighted by atomic mass is 10.1. The molecule has 0 aliphatic rings. The molecule has 140 valence electrons. The van der Waals surface area contributed by atoms with Gasteiger partial charge in [-0.1, -0.05) is 0 Å². The van der Waals surface area contributed by atoms with Gasteiger partial charge in [0, 0.05) is 29.4 Å². The molecule has 0 radical (unpaired) electrons. The van der Waals surface area contributed by atoms with E-state index in [2.05, 4.69) is 10.6 Å². The summed E-state index contributed by atoms with van der Waals surface area (Å²) in [6.07, 6.45) is 0. The summed E-state index contributed by atoms with van der Waals surface area (Å²) >= 11 is 0. The third-order valence-corrected chi connectivity index (χ3v) is 3.33. The number of carbonyl (C=O) groups excluding carboxylic acids is 2. The molecule has 4 N–H and O–H groups in total. The van der Waals surface area contributed by atoms with E-state index in [1.165, 1.54) is 0 Å². The van der Waals surface area contributed by atoms with Crippen molar-refractivity contribution in [3.8, 4) is 5.75 Å². The van der Waals surface area contributed by atoms with Gasteiger partial charge in [-0.25, -0.2) is 0 Å². The quantitative estimate of drug-likeness (QED) is 0.691. The fourth-order valence-electron chi connectivity index (χ4n) is 2.13. The minimum atomic E-state index is -0.244. The Hall–Kier alpha value is -2.57. The molecule has 26 heavy (non-hydrogen) atoms. The maximum atomic E-state index is 12.3. The average molecular weight is 378 g/mol. The topological polar surface area (TPSA) is 93.5 Å². The van der Waals surface area contributed by atoms with E-state index in [9.17, 15) is 9.59 Å². The molecule has 0 heterocycles. The standard InChI is InChI=1S/C19H23N3O3.ClH/c1-13(2)21-18(23)14-3-5-15(6-4-14)19(24)22-16-7-9-17(10-8-16)25-12-11-20;/h3-10,13H,11-12,20H2,1-2H3,(H,21,23)(H,22,24);1H. The first-order chi connectivity index (χ1) is 12.0. The first-order valence-electron chi connectivity index (χ1n) is 8.15. The molecule has 0 aliphatic heterocycles. The van der Waals surface area contributed by atoms with E-state index in [0.29, 0.717) is 35.7 Å². The maximum absolute atomic E-state index is 12.3. The van der Waals surface area contributed by atoms with Crippen molar-refractivity contribution >= 4 is 29.9 Å². The zero-order chi connectivity index (χ0) is 18.2. The summed E-state index contributed by atoms with van der Waals surface area (Å²) in [5.41, 5.74) is 7.04. The van der Waals surface area contributed by atoms with Gasteiger partial charge in [0.15, 0.2) is 0 Å². The van der Waals surface area contributed by atoms with Crippen molar-refractivity contribution in [1.82, 2.24) is 5.32 Å². The number of nitrogens with one attached hydrogen (secondary N) is 2. The van der Waals surface area contributed by atoms with Gasteiger partial charge in [0.25, 0.3) is 11.8 Å². The summed E-state index contributed by atoms with van der Waals surface area (Å²) < 4.78 is 5.39. The number of rotatable bonds is 7. The predicted molar refractivity (Wildman–Crippen MR) is 105 cm³/mol. The van der Waals surface area contributed by atoms with E-state index >= 15 is 0 Å². The summed E-state index contributed by atoms with van der Waals surface area (Å²) in [6.45, 7) is 4.68. The van der Waals surface area contributed by atoms with E-state index in [4.69, 9.17) is 10.5 Å². The molecule has 0 fully saturated rings. The number of hydrogen-bond acceptors (Lipinski definition) is 4. The molecule has 0 unspecified atom stereocenters. The molecule has 2 aromatic carbocycles. The Labute approximate surface area is 159 Å². The number of amides is 2. The molecule has 0 atom stereocenters. The molecule has 0 bridgehead atoms. The summed E-state index contributed by atoms with van der Waals surface area (Å²) in [7, 11) is 0. The molecule has 2 amide bonds. The molecule has 0 saturated heterocycles. The molecule has 2 rings (SSSR count). The van der Waals surface area contributed by atoms with Crippen LogP contribution >= 0.6 is 12.4 Å². The molecule has 6 nitrogen and oxygen atoms in total. The Morgan fingerprint density at radius 1 is 0.962 bits per heavy atom. The zero-order valence-electron chi connectivity index (χ0n) is 14.8. The van der Waals surface area contributed by atoms with Crippen molar-refractivity contribution < 1.29 is 14.3 Å². The molecular weight excluding hydrogens is 354 g/mol. The van der Waals surface area contributed by atoms with E-state index < -0.39 is 0 Å². The van der Waals surface area contributed by atoms with Gasteiger partial charge >= 0.3 is 0 Å². The summed E-state index contributed by atoms with van der Waals surface area (Å²) in [5, 5.41) is 5.61. The lowest BCUT2D eigenvalue weighted by molar-refractivity contribution is 0.0941. The number of anilines is 1. The largest absolute Gasteiger partial charge is 0.492 e. The van der Waals surface area contributed by atoms with Crippen molar-refractivity contribution in [2.24, 2.45) is 5.73 Å². The average Bonchev–Trinajstić information content (AvgIpc) is 2.60. The van der Waals surface area contributed by atoms with Crippen LogP contribution in [0.5, 0.6) is 5.75 Å². The zero-order valence-corrected chi connectivity index (χ0v) is 15.6. The van der Waals surface area contributed by atoms with Crippen LogP contribution in [-0.2, 0) is 0 Å². The molecule has 0 aromatic heterocycles. The second kappa shape index (κ2) is 10.4. The van der Waals surface area contributed by atoms with Gasteiger partial charge in [-0.05, 0) is 62.4 Å². The number of hydrogen-bond donors (Lipinski definition) is 3. The van der Waals surface area contributed by atoms with Crippen LogP contribution < -0.4 is 21.1 Å². The molecule has 0 spiro atoms.